The molecular formula is C22H29N3O3. The maximum absolute atomic E-state index is 12.1. The number of nitrogen functional groups attached to an aromatic ring is 1. The van der Waals surface area contributed by atoms with E-state index in [2.05, 4.69) is 10.6 Å². The van der Waals surface area contributed by atoms with Gasteiger partial charge in [-0.3, -0.25) is 9.59 Å². The summed E-state index contributed by atoms with van der Waals surface area (Å²) in [5.41, 5.74) is 8.24. The van der Waals surface area contributed by atoms with E-state index in [1.165, 1.54) is 0 Å². The van der Waals surface area contributed by atoms with Crippen LogP contribution >= 0.6 is 0 Å². The van der Waals surface area contributed by atoms with E-state index in [4.69, 9.17) is 10.5 Å². The van der Waals surface area contributed by atoms with Gasteiger partial charge in [-0.25, -0.2) is 0 Å². The van der Waals surface area contributed by atoms with Crippen LogP contribution in [0.2, 0.25) is 0 Å². The highest BCUT2D eigenvalue weighted by Gasteiger charge is 2.10. The van der Waals surface area contributed by atoms with Gasteiger partial charge in [0.1, 0.15) is 5.75 Å². The van der Waals surface area contributed by atoms with Gasteiger partial charge in [0.15, 0.2) is 0 Å². The summed E-state index contributed by atoms with van der Waals surface area (Å²) in [5.74, 6) is 0.724. The number of ether oxygens (including phenoxy) is 1. The van der Waals surface area contributed by atoms with Gasteiger partial charge in [0.05, 0.1) is 19.1 Å². The van der Waals surface area contributed by atoms with Gasteiger partial charge in [0, 0.05) is 18.7 Å². The quantitative estimate of drug-likeness (QED) is 0.434. The predicted molar refractivity (Wildman–Crippen MR) is 111 cm³/mol. The van der Waals surface area contributed by atoms with Crippen molar-refractivity contribution in [2.75, 3.05) is 18.9 Å². The molecule has 2 rings (SSSR count). The molecule has 0 aliphatic carbocycles. The Morgan fingerprint density at radius 2 is 1.71 bits per heavy atom. The van der Waals surface area contributed by atoms with E-state index >= 15 is 0 Å². The van der Waals surface area contributed by atoms with Gasteiger partial charge >= 0.3 is 0 Å². The Bertz CT molecular complexity index is 758. The van der Waals surface area contributed by atoms with E-state index < -0.39 is 0 Å². The Kier molecular flexibility index (Phi) is 8.34. The Hall–Kier alpha value is -3.02. The van der Waals surface area contributed by atoms with Gasteiger partial charge in [-0.1, -0.05) is 24.3 Å². The molecule has 0 bridgehead atoms. The van der Waals surface area contributed by atoms with Crippen molar-refractivity contribution in [1.29, 1.82) is 0 Å². The monoisotopic (exact) mass is 383 g/mol. The van der Waals surface area contributed by atoms with E-state index in [0.717, 1.165) is 16.9 Å². The first-order chi connectivity index (χ1) is 13.5. The molecule has 6 nitrogen and oxygen atoms in total. The van der Waals surface area contributed by atoms with Crippen molar-refractivity contribution in [2.24, 2.45) is 0 Å². The number of carbonyl (C=O) groups is 2. The normalized spacial score (nSPS) is 11.5. The predicted octanol–water partition coefficient (Wildman–Crippen LogP) is 2.98. The number of hydrogen-bond donors (Lipinski definition) is 3. The number of amides is 2. The zero-order chi connectivity index (χ0) is 20.4. The van der Waals surface area contributed by atoms with Crippen LogP contribution < -0.4 is 21.1 Å². The summed E-state index contributed by atoms with van der Waals surface area (Å²) in [4.78, 5) is 24.0. The van der Waals surface area contributed by atoms with E-state index in [1.54, 1.807) is 12.1 Å². The minimum Gasteiger partial charge on any atom is -0.494 e. The molecule has 28 heavy (non-hydrogen) atoms. The molecule has 150 valence electrons. The van der Waals surface area contributed by atoms with Crippen LogP contribution in [0.4, 0.5) is 5.69 Å². The fourth-order valence-corrected chi connectivity index (χ4v) is 2.78. The Balaban J connectivity index is 1.65. The Morgan fingerprint density at radius 3 is 2.36 bits per heavy atom. The number of nitrogens with two attached hydrogens (primary N) is 1. The largest absolute Gasteiger partial charge is 0.494 e. The molecule has 0 radical (unpaired) electrons. The highest BCUT2D eigenvalue weighted by molar-refractivity contribution is 5.79. The molecule has 0 heterocycles. The van der Waals surface area contributed by atoms with Crippen LogP contribution in [0.1, 0.15) is 43.9 Å². The number of rotatable bonds is 10. The lowest BCUT2D eigenvalue weighted by Gasteiger charge is -2.15. The number of benzene rings is 2. The van der Waals surface area contributed by atoms with E-state index in [1.807, 2.05) is 50.2 Å². The molecule has 0 fully saturated rings. The van der Waals surface area contributed by atoms with Crippen LogP contribution in [0, 0.1) is 0 Å². The third kappa shape index (κ3) is 7.31. The summed E-state index contributed by atoms with van der Waals surface area (Å²) >= 11 is 0. The first kappa shape index (κ1) is 21.3. The van der Waals surface area contributed by atoms with Gasteiger partial charge in [0.2, 0.25) is 11.8 Å². The number of hydrogen-bond acceptors (Lipinski definition) is 4. The molecule has 1 atom stereocenters. The van der Waals surface area contributed by atoms with Gasteiger partial charge in [0.25, 0.3) is 0 Å². The molecule has 2 aromatic rings. The fourth-order valence-electron chi connectivity index (χ4n) is 2.78. The molecule has 0 saturated heterocycles. The summed E-state index contributed by atoms with van der Waals surface area (Å²) in [6.45, 7) is 4.99. The van der Waals surface area contributed by atoms with Gasteiger partial charge < -0.3 is 21.1 Å². The second-order valence-corrected chi connectivity index (χ2v) is 6.66. The average molecular weight is 383 g/mol. The summed E-state index contributed by atoms with van der Waals surface area (Å²) in [6.07, 6.45) is 1.26. The number of nitrogens with one attached hydrogen (secondary N) is 2. The van der Waals surface area contributed by atoms with Crippen LogP contribution in [0.3, 0.4) is 0 Å². The highest BCUT2D eigenvalue weighted by atomic mass is 16.5. The van der Waals surface area contributed by atoms with Gasteiger partial charge in [-0.05, 0) is 55.7 Å². The zero-order valence-electron chi connectivity index (χ0n) is 16.5. The lowest BCUT2D eigenvalue weighted by molar-refractivity contribution is -0.123. The third-order valence-corrected chi connectivity index (χ3v) is 4.32. The van der Waals surface area contributed by atoms with Crippen molar-refractivity contribution in [3.63, 3.8) is 0 Å². The number of anilines is 1. The summed E-state index contributed by atoms with van der Waals surface area (Å²) in [7, 11) is 0. The molecule has 6 heteroatoms. The first-order valence-corrected chi connectivity index (χ1v) is 9.61. The Morgan fingerprint density at radius 1 is 1.04 bits per heavy atom. The van der Waals surface area contributed by atoms with Crippen LogP contribution in [0.5, 0.6) is 5.75 Å². The first-order valence-electron chi connectivity index (χ1n) is 9.61. The van der Waals surface area contributed by atoms with E-state index in [-0.39, 0.29) is 17.9 Å². The fraction of sp³-hybridized carbons (Fsp3) is 0.364. The van der Waals surface area contributed by atoms with Crippen molar-refractivity contribution in [3.8, 4) is 5.75 Å². The minimum atomic E-state index is -0.0803. The molecule has 0 aliphatic heterocycles. The molecule has 1 unspecified atom stereocenters. The summed E-state index contributed by atoms with van der Waals surface area (Å²) in [5, 5.41) is 5.82. The lowest BCUT2D eigenvalue weighted by Crippen LogP contribution is -2.29. The lowest BCUT2D eigenvalue weighted by atomic mass is 10.1. The Labute approximate surface area is 166 Å². The molecule has 0 saturated carbocycles. The van der Waals surface area contributed by atoms with Crippen molar-refractivity contribution in [2.45, 2.75) is 39.2 Å². The molecular weight excluding hydrogens is 354 g/mol. The standard InChI is InChI=1S/C22H29N3O3/c1-3-28-20-12-8-18(9-13-20)16(2)25-21(26)5-4-14-24-22(27)15-17-6-10-19(23)11-7-17/h6-13,16H,3-5,14-15,23H2,1-2H3,(H,24,27)(H,25,26). The minimum absolute atomic E-state index is 0.0332. The zero-order valence-corrected chi connectivity index (χ0v) is 16.5. The van der Waals surface area contributed by atoms with E-state index in [0.29, 0.717) is 38.1 Å². The van der Waals surface area contributed by atoms with Crippen molar-refractivity contribution >= 4 is 17.5 Å². The van der Waals surface area contributed by atoms with Crippen LogP contribution in [0.25, 0.3) is 0 Å². The molecule has 0 aliphatic rings. The summed E-state index contributed by atoms with van der Waals surface area (Å²) in [6, 6.07) is 14.9. The van der Waals surface area contributed by atoms with Crippen molar-refractivity contribution in [3.05, 3.63) is 59.7 Å². The van der Waals surface area contributed by atoms with Gasteiger partial charge in [-0.2, -0.15) is 0 Å². The molecule has 0 spiro atoms. The van der Waals surface area contributed by atoms with Crippen LogP contribution in [0.15, 0.2) is 48.5 Å². The van der Waals surface area contributed by atoms with Crippen molar-refractivity contribution < 1.29 is 14.3 Å². The molecule has 2 aromatic carbocycles. The van der Waals surface area contributed by atoms with Crippen LogP contribution in [-0.2, 0) is 16.0 Å². The molecule has 4 N–H and O–H groups in total. The maximum atomic E-state index is 12.1. The summed E-state index contributed by atoms with van der Waals surface area (Å²) < 4.78 is 5.42. The molecule has 2 amide bonds. The van der Waals surface area contributed by atoms with E-state index in [9.17, 15) is 9.59 Å². The number of carbonyl (C=O) groups excluding carboxylic acids is 2. The second-order valence-electron chi connectivity index (χ2n) is 6.66. The van der Waals surface area contributed by atoms with Gasteiger partial charge in [-0.15, -0.1) is 0 Å². The maximum Gasteiger partial charge on any atom is 0.224 e. The van der Waals surface area contributed by atoms with Crippen molar-refractivity contribution in [1.82, 2.24) is 10.6 Å². The average Bonchev–Trinajstić information content (AvgIpc) is 2.68. The highest BCUT2D eigenvalue weighted by Crippen LogP contribution is 2.17. The molecule has 0 aromatic heterocycles. The third-order valence-electron chi connectivity index (χ3n) is 4.32. The second kappa shape index (κ2) is 11.0. The SMILES string of the molecule is CCOc1ccc(C(C)NC(=O)CCCNC(=O)Cc2ccc(N)cc2)cc1. The van der Waals surface area contributed by atoms with Crippen LogP contribution in [-0.4, -0.2) is 25.0 Å². The topological polar surface area (TPSA) is 93.5 Å². The smallest absolute Gasteiger partial charge is 0.224 e.